The number of thiophene rings is 1. The number of nitrogens with zero attached hydrogens (tertiary/aromatic N) is 3. The van der Waals surface area contributed by atoms with Gasteiger partial charge in [0, 0.05) is 18.0 Å². The van der Waals surface area contributed by atoms with Crippen molar-refractivity contribution in [1.82, 2.24) is 14.5 Å². The second-order valence-corrected chi connectivity index (χ2v) is 10.1. The molecule has 1 aromatic carbocycles. The average Bonchev–Trinajstić information content (AvgIpc) is 3.20. The summed E-state index contributed by atoms with van der Waals surface area (Å²) in [6.07, 6.45) is 2.10. The SMILES string of the molecule is CCCCn1c(CN(CC)Cc2ccc(Cl)s2)nc2cc(S(N)(=O)=O)ccc21. The van der Waals surface area contributed by atoms with Crippen LogP contribution in [0.15, 0.2) is 35.2 Å². The van der Waals surface area contributed by atoms with Gasteiger partial charge in [-0.2, -0.15) is 0 Å². The second-order valence-electron chi connectivity index (χ2n) is 6.74. The fourth-order valence-corrected chi connectivity index (χ4v) is 4.82. The minimum absolute atomic E-state index is 0.0901. The third kappa shape index (κ3) is 4.93. The van der Waals surface area contributed by atoms with E-state index in [9.17, 15) is 8.42 Å². The van der Waals surface area contributed by atoms with Crippen molar-refractivity contribution in [3.05, 3.63) is 45.4 Å². The molecule has 3 aromatic rings. The first-order chi connectivity index (χ1) is 13.3. The molecule has 0 amide bonds. The Morgan fingerprint density at radius 3 is 2.61 bits per heavy atom. The number of hydrogen-bond donors (Lipinski definition) is 1. The molecular formula is C19H25ClN4O2S2. The third-order valence-electron chi connectivity index (χ3n) is 4.68. The van der Waals surface area contributed by atoms with Crippen molar-refractivity contribution in [2.75, 3.05) is 6.54 Å². The van der Waals surface area contributed by atoms with Crippen molar-refractivity contribution >= 4 is 44.0 Å². The van der Waals surface area contributed by atoms with Crippen LogP contribution in [0.25, 0.3) is 11.0 Å². The number of halogens is 1. The quantitative estimate of drug-likeness (QED) is 0.540. The van der Waals surface area contributed by atoms with Crippen LogP contribution in [0.5, 0.6) is 0 Å². The van der Waals surface area contributed by atoms with Crippen molar-refractivity contribution in [1.29, 1.82) is 0 Å². The van der Waals surface area contributed by atoms with Crippen molar-refractivity contribution in [2.24, 2.45) is 5.14 Å². The third-order valence-corrected chi connectivity index (χ3v) is 6.81. The summed E-state index contributed by atoms with van der Waals surface area (Å²) >= 11 is 7.64. The van der Waals surface area contributed by atoms with Gasteiger partial charge in [0.2, 0.25) is 10.0 Å². The van der Waals surface area contributed by atoms with Gasteiger partial charge in [-0.15, -0.1) is 11.3 Å². The number of hydrogen-bond acceptors (Lipinski definition) is 5. The number of rotatable bonds is 9. The fraction of sp³-hybridized carbons (Fsp3) is 0.421. The molecule has 0 radical (unpaired) electrons. The van der Waals surface area contributed by atoms with Gasteiger partial charge in [0.1, 0.15) is 5.82 Å². The summed E-state index contributed by atoms with van der Waals surface area (Å²) in [6, 6.07) is 8.88. The minimum Gasteiger partial charge on any atom is -0.327 e. The van der Waals surface area contributed by atoms with Crippen LogP contribution in [-0.4, -0.2) is 29.4 Å². The molecule has 0 unspecified atom stereocenters. The molecule has 3 rings (SSSR count). The maximum absolute atomic E-state index is 11.7. The van der Waals surface area contributed by atoms with Crippen LogP contribution in [-0.2, 0) is 29.7 Å². The molecule has 0 aliphatic carbocycles. The molecule has 0 fully saturated rings. The summed E-state index contributed by atoms with van der Waals surface area (Å²) in [7, 11) is -3.75. The normalized spacial score (nSPS) is 12.3. The van der Waals surface area contributed by atoms with E-state index in [1.54, 1.807) is 29.5 Å². The molecule has 28 heavy (non-hydrogen) atoms. The zero-order chi connectivity index (χ0) is 20.3. The molecule has 0 saturated carbocycles. The number of primary sulfonamides is 1. The number of nitrogens with two attached hydrogens (primary N) is 1. The molecule has 2 heterocycles. The van der Waals surface area contributed by atoms with Crippen LogP contribution < -0.4 is 5.14 Å². The predicted molar refractivity (Wildman–Crippen MR) is 115 cm³/mol. The number of unbranched alkanes of at least 4 members (excludes halogenated alkanes) is 1. The smallest absolute Gasteiger partial charge is 0.238 e. The lowest BCUT2D eigenvalue weighted by atomic mass is 10.3. The average molecular weight is 441 g/mol. The molecule has 2 aromatic heterocycles. The van der Waals surface area contributed by atoms with Crippen molar-refractivity contribution < 1.29 is 8.42 Å². The van der Waals surface area contributed by atoms with Gasteiger partial charge in [-0.25, -0.2) is 18.5 Å². The van der Waals surface area contributed by atoms with E-state index in [-0.39, 0.29) is 4.90 Å². The molecule has 0 bridgehead atoms. The second kappa shape index (κ2) is 8.92. The summed E-state index contributed by atoms with van der Waals surface area (Å²) in [6.45, 7) is 7.46. The van der Waals surface area contributed by atoms with Gasteiger partial charge in [-0.3, -0.25) is 4.90 Å². The van der Waals surface area contributed by atoms with Gasteiger partial charge in [0.25, 0.3) is 0 Å². The van der Waals surface area contributed by atoms with Crippen LogP contribution in [0.3, 0.4) is 0 Å². The van der Waals surface area contributed by atoms with Crippen LogP contribution in [0.4, 0.5) is 0 Å². The molecule has 0 atom stereocenters. The van der Waals surface area contributed by atoms with Crippen LogP contribution in [0, 0.1) is 0 Å². The standard InChI is InChI=1S/C19H25ClN4O2S2/c1-3-5-10-24-17-8-7-15(28(21,25)26)11-16(17)22-19(24)13-23(4-2)12-14-6-9-18(20)27-14/h6-9,11H,3-5,10,12-13H2,1-2H3,(H2,21,25,26). The summed E-state index contributed by atoms with van der Waals surface area (Å²) in [5, 5.41) is 5.28. The lowest BCUT2D eigenvalue weighted by Gasteiger charge is -2.20. The maximum atomic E-state index is 11.7. The van der Waals surface area contributed by atoms with Gasteiger partial charge in [0.15, 0.2) is 0 Å². The predicted octanol–water partition coefficient (Wildman–Crippen LogP) is 4.22. The highest BCUT2D eigenvalue weighted by Crippen LogP contribution is 2.25. The largest absolute Gasteiger partial charge is 0.327 e. The van der Waals surface area contributed by atoms with E-state index in [2.05, 4.69) is 23.3 Å². The van der Waals surface area contributed by atoms with E-state index in [4.69, 9.17) is 21.7 Å². The van der Waals surface area contributed by atoms with Gasteiger partial charge in [-0.1, -0.05) is 31.9 Å². The highest BCUT2D eigenvalue weighted by molar-refractivity contribution is 7.89. The van der Waals surface area contributed by atoms with Gasteiger partial charge >= 0.3 is 0 Å². The molecule has 0 aliphatic rings. The van der Waals surface area contributed by atoms with E-state index < -0.39 is 10.0 Å². The van der Waals surface area contributed by atoms with Crippen molar-refractivity contribution in [3.63, 3.8) is 0 Å². The number of benzene rings is 1. The Morgan fingerprint density at radius 1 is 1.21 bits per heavy atom. The Kier molecular flexibility index (Phi) is 6.77. The monoisotopic (exact) mass is 440 g/mol. The summed E-state index contributed by atoms with van der Waals surface area (Å²) in [5.74, 6) is 0.930. The van der Waals surface area contributed by atoms with Gasteiger partial charge in [0.05, 0.1) is 26.8 Å². The molecule has 9 heteroatoms. The maximum Gasteiger partial charge on any atom is 0.238 e. The highest BCUT2D eigenvalue weighted by Gasteiger charge is 2.17. The van der Waals surface area contributed by atoms with Gasteiger partial charge < -0.3 is 4.57 Å². The van der Waals surface area contributed by atoms with Crippen LogP contribution >= 0.6 is 22.9 Å². The molecule has 0 aliphatic heterocycles. The van der Waals surface area contributed by atoms with Crippen molar-refractivity contribution in [2.45, 2.75) is 51.2 Å². The zero-order valence-electron chi connectivity index (χ0n) is 16.1. The van der Waals surface area contributed by atoms with E-state index in [1.165, 1.54) is 4.88 Å². The number of sulfonamides is 1. The van der Waals surface area contributed by atoms with E-state index in [0.717, 1.165) is 48.2 Å². The molecule has 2 N–H and O–H groups in total. The summed E-state index contributed by atoms with van der Waals surface area (Å²) < 4.78 is 26.4. The minimum atomic E-state index is -3.75. The summed E-state index contributed by atoms with van der Waals surface area (Å²) in [4.78, 5) is 8.35. The Labute approximate surface area is 175 Å². The Hall–Kier alpha value is -1.45. The van der Waals surface area contributed by atoms with E-state index in [0.29, 0.717) is 12.1 Å². The molecule has 6 nitrogen and oxygen atoms in total. The number of imidazole rings is 1. The molecular weight excluding hydrogens is 416 g/mol. The topological polar surface area (TPSA) is 81.2 Å². The highest BCUT2D eigenvalue weighted by atomic mass is 35.5. The number of aryl methyl sites for hydroxylation is 1. The molecule has 0 saturated heterocycles. The Balaban J connectivity index is 1.94. The number of aromatic nitrogens is 2. The first kappa shape index (κ1) is 21.3. The Morgan fingerprint density at radius 2 is 2.00 bits per heavy atom. The van der Waals surface area contributed by atoms with Crippen LogP contribution in [0.2, 0.25) is 4.34 Å². The summed E-state index contributed by atoms with van der Waals surface area (Å²) in [5.41, 5.74) is 1.60. The van der Waals surface area contributed by atoms with Crippen molar-refractivity contribution in [3.8, 4) is 0 Å². The number of fused-ring (bicyclic) bond motifs is 1. The lowest BCUT2D eigenvalue weighted by molar-refractivity contribution is 0.263. The first-order valence-electron chi connectivity index (χ1n) is 9.30. The fourth-order valence-electron chi connectivity index (χ4n) is 3.16. The van der Waals surface area contributed by atoms with E-state index in [1.807, 2.05) is 12.1 Å². The Bertz CT molecular complexity index is 1060. The van der Waals surface area contributed by atoms with Gasteiger partial charge in [-0.05, 0) is 43.3 Å². The molecule has 0 spiro atoms. The van der Waals surface area contributed by atoms with Crippen LogP contribution in [0.1, 0.15) is 37.4 Å². The lowest BCUT2D eigenvalue weighted by Crippen LogP contribution is -2.24. The molecule has 152 valence electrons. The first-order valence-corrected chi connectivity index (χ1v) is 12.0. The van der Waals surface area contributed by atoms with E-state index >= 15 is 0 Å². The zero-order valence-corrected chi connectivity index (χ0v) is 18.4.